The molecule has 0 N–H and O–H groups in total. The van der Waals surface area contributed by atoms with Crippen LogP contribution in [0.1, 0.15) is 45.7 Å². The fourth-order valence-electron chi connectivity index (χ4n) is 4.42. The van der Waals surface area contributed by atoms with Gasteiger partial charge in [-0.2, -0.15) is 0 Å². The molecule has 0 atom stereocenters. The molecule has 0 radical (unpaired) electrons. The van der Waals surface area contributed by atoms with E-state index >= 15 is 0 Å². The van der Waals surface area contributed by atoms with Gasteiger partial charge >= 0.3 is 0 Å². The third-order valence-corrected chi connectivity index (χ3v) is 7.04. The van der Waals surface area contributed by atoms with Crippen LogP contribution in [0.3, 0.4) is 0 Å². The van der Waals surface area contributed by atoms with Gasteiger partial charge in [-0.25, -0.2) is 15.0 Å². The zero-order chi connectivity index (χ0) is 23.2. The first-order valence-corrected chi connectivity index (χ1v) is 12.3. The predicted molar refractivity (Wildman–Crippen MR) is 141 cm³/mol. The second kappa shape index (κ2) is 8.35. The number of thiophene rings is 1. The number of hydrogen-bond donors (Lipinski definition) is 0. The summed E-state index contributed by atoms with van der Waals surface area (Å²) in [5.74, 6) is 0.617. The molecule has 0 amide bonds. The lowest BCUT2D eigenvalue weighted by molar-refractivity contribution is 0.596. The van der Waals surface area contributed by atoms with Gasteiger partial charge < -0.3 is 0 Å². The van der Waals surface area contributed by atoms with Gasteiger partial charge in [0.1, 0.15) is 11.2 Å². The van der Waals surface area contributed by atoms with Gasteiger partial charge in [0.2, 0.25) is 0 Å². The molecule has 2 aromatic carbocycles. The molecule has 0 spiro atoms. The highest BCUT2D eigenvalue weighted by molar-refractivity contribution is 7.21. The SMILES string of the molecule is CC(C)Cc1cnc2sc(-c3cc(-c4cc(C(C)(C)C)c5ccccc5c4)ncn3)cc2c1. The van der Waals surface area contributed by atoms with Crippen molar-refractivity contribution < 1.29 is 0 Å². The molecule has 3 nitrogen and oxygen atoms in total. The second-order valence-electron chi connectivity index (χ2n) is 10.2. The molecule has 0 saturated carbocycles. The first-order chi connectivity index (χ1) is 15.8. The summed E-state index contributed by atoms with van der Waals surface area (Å²) in [5.41, 5.74) is 5.67. The molecule has 0 unspecified atom stereocenters. The van der Waals surface area contributed by atoms with Crippen molar-refractivity contribution >= 4 is 32.3 Å². The maximum absolute atomic E-state index is 4.71. The molecule has 33 heavy (non-hydrogen) atoms. The van der Waals surface area contributed by atoms with Crippen LogP contribution in [0.2, 0.25) is 0 Å². The molecule has 166 valence electrons. The molecule has 0 fully saturated rings. The normalized spacial score (nSPS) is 12.2. The van der Waals surface area contributed by atoms with E-state index in [-0.39, 0.29) is 5.41 Å². The first-order valence-electron chi connectivity index (χ1n) is 11.5. The third-order valence-electron chi connectivity index (χ3n) is 5.96. The summed E-state index contributed by atoms with van der Waals surface area (Å²) in [7, 11) is 0. The molecule has 0 aliphatic rings. The molecule has 0 aliphatic carbocycles. The Balaban J connectivity index is 1.58. The first kappa shape index (κ1) is 21.7. The van der Waals surface area contributed by atoms with Crippen LogP contribution < -0.4 is 0 Å². The minimum atomic E-state index is 0.0380. The Morgan fingerprint density at radius 2 is 1.64 bits per heavy atom. The maximum atomic E-state index is 4.71. The van der Waals surface area contributed by atoms with Crippen LogP contribution in [-0.4, -0.2) is 15.0 Å². The van der Waals surface area contributed by atoms with Crippen molar-refractivity contribution in [1.82, 2.24) is 15.0 Å². The van der Waals surface area contributed by atoms with Gasteiger partial charge in [-0.1, -0.05) is 58.9 Å². The summed E-state index contributed by atoms with van der Waals surface area (Å²) in [6, 6.07) is 19.7. The second-order valence-corrected chi connectivity index (χ2v) is 11.3. The third kappa shape index (κ3) is 4.40. The minimum absolute atomic E-state index is 0.0380. The van der Waals surface area contributed by atoms with E-state index in [1.807, 2.05) is 6.20 Å². The summed E-state index contributed by atoms with van der Waals surface area (Å²) in [6.07, 6.45) is 4.74. The van der Waals surface area contributed by atoms with E-state index in [2.05, 4.69) is 99.2 Å². The van der Waals surface area contributed by atoms with Gasteiger partial charge in [-0.3, -0.25) is 0 Å². The van der Waals surface area contributed by atoms with Crippen molar-refractivity contribution in [3.63, 3.8) is 0 Å². The fraction of sp³-hybridized carbons (Fsp3) is 0.276. The molecule has 0 aliphatic heterocycles. The van der Waals surface area contributed by atoms with Crippen LogP contribution in [0.5, 0.6) is 0 Å². The molecule has 0 saturated heterocycles. The Morgan fingerprint density at radius 3 is 2.42 bits per heavy atom. The van der Waals surface area contributed by atoms with Crippen molar-refractivity contribution in [2.45, 2.75) is 46.5 Å². The van der Waals surface area contributed by atoms with Gasteiger partial charge in [0.05, 0.1) is 16.3 Å². The van der Waals surface area contributed by atoms with Gasteiger partial charge in [-0.05, 0) is 70.0 Å². The monoisotopic (exact) mass is 451 g/mol. The lowest BCUT2D eigenvalue weighted by atomic mass is 9.82. The van der Waals surface area contributed by atoms with Gasteiger partial charge in [0.15, 0.2) is 0 Å². The van der Waals surface area contributed by atoms with E-state index in [0.29, 0.717) is 5.92 Å². The molecule has 5 rings (SSSR count). The van der Waals surface area contributed by atoms with E-state index in [1.54, 1.807) is 17.7 Å². The van der Waals surface area contributed by atoms with Crippen LogP contribution in [0.4, 0.5) is 0 Å². The van der Waals surface area contributed by atoms with Crippen molar-refractivity contribution in [1.29, 1.82) is 0 Å². The Kier molecular flexibility index (Phi) is 5.49. The Morgan fingerprint density at radius 1 is 0.848 bits per heavy atom. The maximum Gasteiger partial charge on any atom is 0.123 e. The van der Waals surface area contributed by atoms with E-state index in [9.17, 15) is 0 Å². The highest BCUT2D eigenvalue weighted by atomic mass is 32.1. The van der Waals surface area contributed by atoms with E-state index in [4.69, 9.17) is 4.98 Å². The molecule has 5 aromatic rings. The molecular weight excluding hydrogens is 422 g/mol. The highest BCUT2D eigenvalue weighted by Crippen LogP contribution is 2.36. The predicted octanol–water partition coefficient (Wildman–Crippen LogP) is 8.07. The van der Waals surface area contributed by atoms with Crippen LogP contribution in [0, 0.1) is 5.92 Å². The zero-order valence-electron chi connectivity index (χ0n) is 19.9. The van der Waals surface area contributed by atoms with Crippen LogP contribution in [-0.2, 0) is 11.8 Å². The lowest BCUT2D eigenvalue weighted by Crippen LogP contribution is -2.12. The summed E-state index contributed by atoms with van der Waals surface area (Å²) < 4.78 is 0. The Hall–Kier alpha value is -3.11. The minimum Gasteiger partial charge on any atom is -0.245 e. The van der Waals surface area contributed by atoms with Crippen LogP contribution in [0.15, 0.2) is 67.1 Å². The van der Waals surface area contributed by atoms with Gasteiger partial charge in [0, 0.05) is 17.1 Å². The van der Waals surface area contributed by atoms with E-state index in [0.717, 1.165) is 33.1 Å². The van der Waals surface area contributed by atoms with Crippen LogP contribution >= 0.6 is 11.3 Å². The Bertz CT molecular complexity index is 1460. The summed E-state index contributed by atoms with van der Waals surface area (Å²) in [6.45, 7) is 11.3. The smallest absolute Gasteiger partial charge is 0.123 e. The number of nitrogens with zero attached hydrogens (tertiary/aromatic N) is 3. The number of benzene rings is 2. The molecule has 3 aromatic heterocycles. The molecule has 0 bridgehead atoms. The standard InChI is InChI=1S/C29H29N3S/c1-18(2)10-19-11-22-14-27(33-28(22)30-16-19)26-15-25(31-17-32-26)21-12-20-8-6-7-9-23(20)24(13-21)29(3,4)5/h6-9,11-18H,10H2,1-5H3. The fourth-order valence-corrected chi connectivity index (χ4v) is 5.37. The van der Waals surface area contributed by atoms with Crippen molar-refractivity contribution in [2.24, 2.45) is 5.92 Å². The number of hydrogen-bond acceptors (Lipinski definition) is 4. The van der Waals surface area contributed by atoms with Crippen molar-refractivity contribution in [3.8, 4) is 21.8 Å². The van der Waals surface area contributed by atoms with Crippen molar-refractivity contribution in [2.75, 3.05) is 0 Å². The van der Waals surface area contributed by atoms with Crippen molar-refractivity contribution in [3.05, 3.63) is 78.2 Å². The number of aromatic nitrogens is 3. The molecule has 4 heteroatoms. The number of fused-ring (bicyclic) bond motifs is 2. The highest BCUT2D eigenvalue weighted by Gasteiger charge is 2.19. The topological polar surface area (TPSA) is 38.7 Å². The van der Waals surface area contributed by atoms with E-state index < -0.39 is 0 Å². The average Bonchev–Trinajstić information content (AvgIpc) is 3.21. The number of pyridine rings is 1. The van der Waals surface area contributed by atoms with Crippen LogP contribution in [0.25, 0.3) is 42.8 Å². The summed E-state index contributed by atoms with van der Waals surface area (Å²) in [5, 5.41) is 3.73. The molecule has 3 heterocycles. The van der Waals surface area contributed by atoms with Gasteiger partial charge in [-0.15, -0.1) is 11.3 Å². The zero-order valence-corrected chi connectivity index (χ0v) is 20.7. The molecular formula is C29H29N3S. The quantitative estimate of drug-likeness (QED) is 0.277. The van der Waals surface area contributed by atoms with E-state index in [1.165, 1.54) is 27.3 Å². The lowest BCUT2D eigenvalue weighted by Gasteiger charge is -2.22. The van der Waals surface area contributed by atoms with Gasteiger partial charge in [0.25, 0.3) is 0 Å². The average molecular weight is 452 g/mol. The summed E-state index contributed by atoms with van der Waals surface area (Å²) in [4.78, 5) is 16.1. The number of rotatable bonds is 4. The largest absolute Gasteiger partial charge is 0.245 e. The summed E-state index contributed by atoms with van der Waals surface area (Å²) >= 11 is 1.69. The Labute approximate surface area is 199 Å².